The second-order valence-corrected chi connectivity index (χ2v) is 7.20. The summed E-state index contributed by atoms with van der Waals surface area (Å²) in [5.74, 6) is 0.363. The van der Waals surface area contributed by atoms with Gasteiger partial charge in [-0.1, -0.05) is 35.3 Å². The van der Waals surface area contributed by atoms with Crippen molar-refractivity contribution < 1.29 is 23.8 Å². The number of rotatable bonds is 5. The summed E-state index contributed by atoms with van der Waals surface area (Å²) in [6.07, 6.45) is 1.43. The zero-order chi connectivity index (χ0) is 21.8. The predicted molar refractivity (Wildman–Crippen MR) is 115 cm³/mol. The van der Waals surface area contributed by atoms with Crippen molar-refractivity contribution in [3.63, 3.8) is 0 Å². The van der Waals surface area contributed by atoms with Gasteiger partial charge in [0.2, 0.25) is 6.79 Å². The fourth-order valence-corrected chi connectivity index (χ4v) is 3.23. The van der Waals surface area contributed by atoms with E-state index >= 15 is 0 Å². The highest BCUT2D eigenvalue weighted by atomic mass is 35.5. The Balaban J connectivity index is 1.39. The summed E-state index contributed by atoms with van der Waals surface area (Å²) < 4.78 is 15.8. The van der Waals surface area contributed by atoms with Crippen LogP contribution in [0.4, 0.5) is 0 Å². The minimum Gasteiger partial charge on any atom is -0.454 e. The zero-order valence-electron chi connectivity index (χ0n) is 15.8. The number of halogens is 2. The molecule has 0 bridgehead atoms. The van der Waals surface area contributed by atoms with E-state index in [4.69, 9.17) is 37.4 Å². The number of ether oxygens (including phenoxy) is 3. The highest BCUT2D eigenvalue weighted by molar-refractivity contribution is 6.36. The van der Waals surface area contributed by atoms with E-state index in [0.29, 0.717) is 33.4 Å². The van der Waals surface area contributed by atoms with Gasteiger partial charge in [-0.2, -0.15) is 5.10 Å². The van der Waals surface area contributed by atoms with E-state index < -0.39 is 11.9 Å². The van der Waals surface area contributed by atoms with Gasteiger partial charge in [-0.25, -0.2) is 10.2 Å². The van der Waals surface area contributed by atoms with Crippen molar-refractivity contribution in [2.75, 3.05) is 6.79 Å². The van der Waals surface area contributed by atoms with Gasteiger partial charge < -0.3 is 14.2 Å². The van der Waals surface area contributed by atoms with Crippen LogP contribution in [0.3, 0.4) is 0 Å². The van der Waals surface area contributed by atoms with Gasteiger partial charge in [-0.15, -0.1) is 0 Å². The number of hydrazone groups is 1. The smallest absolute Gasteiger partial charge is 0.345 e. The molecular weight excluding hydrogens is 443 g/mol. The molecule has 0 aromatic heterocycles. The van der Waals surface area contributed by atoms with Crippen molar-refractivity contribution in [3.05, 3.63) is 87.4 Å². The lowest BCUT2D eigenvalue weighted by atomic mass is 10.2. The molecule has 0 spiro atoms. The Morgan fingerprint density at radius 3 is 2.68 bits per heavy atom. The number of hydrogen-bond acceptors (Lipinski definition) is 6. The van der Waals surface area contributed by atoms with Crippen molar-refractivity contribution in [1.82, 2.24) is 5.43 Å². The Morgan fingerprint density at radius 2 is 1.84 bits per heavy atom. The van der Waals surface area contributed by atoms with Gasteiger partial charge in [-0.05, 0) is 54.1 Å². The van der Waals surface area contributed by atoms with E-state index in [1.54, 1.807) is 48.5 Å². The van der Waals surface area contributed by atoms with Crippen LogP contribution in [0.2, 0.25) is 10.0 Å². The Labute approximate surface area is 187 Å². The fourth-order valence-electron chi connectivity index (χ4n) is 2.74. The number of carbonyl (C=O) groups excluding carboxylic acids is 2. The van der Waals surface area contributed by atoms with Crippen LogP contribution in [0.15, 0.2) is 65.8 Å². The fraction of sp³-hybridized carbons (Fsp3) is 0.0455. The first-order valence-electron chi connectivity index (χ1n) is 9.00. The lowest BCUT2D eigenvalue weighted by molar-refractivity contribution is 0.0734. The number of esters is 1. The van der Waals surface area contributed by atoms with Gasteiger partial charge in [0.1, 0.15) is 5.75 Å². The van der Waals surface area contributed by atoms with E-state index in [1.165, 1.54) is 18.3 Å². The molecule has 3 aromatic carbocycles. The summed E-state index contributed by atoms with van der Waals surface area (Å²) in [5, 5.41) is 4.56. The highest BCUT2D eigenvalue weighted by Gasteiger charge is 2.16. The third kappa shape index (κ3) is 4.96. The molecule has 0 radical (unpaired) electrons. The van der Waals surface area contributed by atoms with Crippen LogP contribution in [0.25, 0.3) is 0 Å². The largest absolute Gasteiger partial charge is 0.454 e. The van der Waals surface area contributed by atoms with Crippen LogP contribution in [0.5, 0.6) is 17.2 Å². The molecule has 31 heavy (non-hydrogen) atoms. The molecule has 7 nitrogen and oxygen atoms in total. The van der Waals surface area contributed by atoms with Crippen LogP contribution in [-0.4, -0.2) is 24.9 Å². The standard InChI is InChI=1S/C22H14Cl2N2O5/c23-15-5-6-17(18(24)10-15)22(28)31-16-3-1-2-13(8-16)11-25-26-21(27)14-4-7-19-20(9-14)30-12-29-19/h1-11H,12H2,(H,26,27)/b25-11+. The molecule has 0 unspecified atom stereocenters. The second-order valence-electron chi connectivity index (χ2n) is 6.35. The summed E-state index contributed by atoms with van der Waals surface area (Å²) >= 11 is 11.9. The molecule has 1 N–H and O–H groups in total. The van der Waals surface area contributed by atoms with Gasteiger partial charge >= 0.3 is 5.97 Å². The quantitative estimate of drug-likeness (QED) is 0.260. The van der Waals surface area contributed by atoms with Gasteiger partial charge in [0.05, 0.1) is 16.8 Å². The number of nitrogens with zero attached hydrogens (tertiary/aromatic N) is 1. The monoisotopic (exact) mass is 456 g/mol. The Morgan fingerprint density at radius 1 is 1.00 bits per heavy atom. The zero-order valence-corrected chi connectivity index (χ0v) is 17.3. The van der Waals surface area contributed by atoms with Crippen molar-refractivity contribution in [2.45, 2.75) is 0 Å². The Bertz CT molecular complexity index is 1200. The molecule has 0 saturated carbocycles. The molecule has 1 heterocycles. The molecule has 1 amide bonds. The number of nitrogens with one attached hydrogen (secondary N) is 1. The molecule has 0 aliphatic carbocycles. The number of amides is 1. The molecule has 3 aromatic rings. The lowest BCUT2D eigenvalue weighted by Gasteiger charge is -2.07. The minimum absolute atomic E-state index is 0.129. The highest BCUT2D eigenvalue weighted by Crippen LogP contribution is 2.32. The van der Waals surface area contributed by atoms with Crippen LogP contribution in [0.1, 0.15) is 26.3 Å². The van der Waals surface area contributed by atoms with Crippen molar-refractivity contribution in [2.24, 2.45) is 5.10 Å². The second kappa shape index (κ2) is 9.07. The number of benzene rings is 3. The maximum absolute atomic E-state index is 12.3. The van der Waals surface area contributed by atoms with E-state index in [9.17, 15) is 9.59 Å². The summed E-state index contributed by atoms with van der Waals surface area (Å²) in [7, 11) is 0. The minimum atomic E-state index is -0.619. The van der Waals surface area contributed by atoms with Crippen LogP contribution in [-0.2, 0) is 0 Å². The molecule has 1 aliphatic heterocycles. The average Bonchev–Trinajstić information content (AvgIpc) is 3.21. The number of fused-ring (bicyclic) bond motifs is 1. The molecule has 156 valence electrons. The lowest BCUT2D eigenvalue weighted by Crippen LogP contribution is -2.17. The van der Waals surface area contributed by atoms with E-state index in [2.05, 4.69) is 10.5 Å². The molecule has 0 fully saturated rings. The summed E-state index contributed by atoms with van der Waals surface area (Å²) in [6.45, 7) is 0.129. The topological polar surface area (TPSA) is 86.2 Å². The van der Waals surface area contributed by atoms with Crippen LogP contribution < -0.4 is 19.6 Å². The summed E-state index contributed by atoms with van der Waals surface area (Å²) in [6, 6.07) is 16.0. The molecule has 0 atom stereocenters. The molecular formula is C22H14Cl2N2O5. The molecule has 1 aliphatic rings. The van der Waals surface area contributed by atoms with Gasteiger partial charge in [0.25, 0.3) is 5.91 Å². The summed E-state index contributed by atoms with van der Waals surface area (Å²) in [4.78, 5) is 24.6. The van der Waals surface area contributed by atoms with E-state index in [-0.39, 0.29) is 17.4 Å². The maximum Gasteiger partial charge on any atom is 0.345 e. The predicted octanol–water partition coefficient (Wildman–Crippen LogP) is 4.71. The van der Waals surface area contributed by atoms with E-state index in [0.717, 1.165) is 0 Å². The molecule has 9 heteroatoms. The van der Waals surface area contributed by atoms with Gasteiger partial charge in [0.15, 0.2) is 11.5 Å². The maximum atomic E-state index is 12.3. The van der Waals surface area contributed by atoms with Gasteiger partial charge in [0, 0.05) is 10.6 Å². The Kier molecular flexibility index (Phi) is 6.06. The van der Waals surface area contributed by atoms with E-state index in [1.807, 2.05) is 0 Å². The number of hydrogen-bond donors (Lipinski definition) is 1. The third-order valence-electron chi connectivity index (χ3n) is 4.23. The molecule has 4 rings (SSSR count). The first-order chi connectivity index (χ1) is 15.0. The van der Waals surface area contributed by atoms with Gasteiger partial charge in [-0.3, -0.25) is 4.79 Å². The first-order valence-corrected chi connectivity index (χ1v) is 9.75. The first kappa shape index (κ1) is 20.7. The summed E-state index contributed by atoms with van der Waals surface area (Å²) in [5.41, 5.74) is 3.62. The third-order valence-corrected chi connectivity index (χ3v) is 4.78. The average molecular weight is 457 g/mol. The van der Waals surface area contributed by atoms with Crippen molar-refractivity contribution in [1.29, 1.82) is 0 Å². The normalized spacial score (nSPS) is 12.1. The molecule has 0 saturated heterocycles. The Hall–Kier alpha value is -3.55. The van der Waals surface area contributed by atoms with Crippen LogP contribution in [0, 0.1) is 0 Å². The van der Waals surface area contributed by atoms with Crippen molar-refractivity contribution in [3.8, 4) is 17.2 Å². The number of carbonyl (C=O) groups is 2. The van der Waals surface area contributed by atoms with Crippen molar-refractivity contribution >= 4 is 41.3 Å². The van der Waals surface area contributed by atoms with Crippen LogP contribution >= 0.6 is 23.2 Å². The SMILES string of the molecule is O=C(N/N=C/c1cccc(OC(=O)c2ccc(Cl)cc2Cl)c1)c1ccc2c(c1)OCO2.